The average molecular weight is 464 g/mol. The SMILES string of the molecule is O=c1[nH]c(CN2CC(Oc3ccc(OC(F)(F)F)cc3)C2)cn2c(C3CCOCC3)ncc12. The normalized spacial score (nSPS) is 18.4. The van der Waals surface area contributed by atoms with Crippen LogP contribution in [0.25, 0.3) is 5.52 Å². The number of halogens is 3. The zero-order valence-electron chi connectivity index (χ0n) is 17.7. The van der Waals surface area contributed by atoms with E-state index in [9.17, 15) is 18.0 Å². The fourth-order valence-electron chi connectivity index (χ4n) is 4.29. The summed E-state index contributed by atoms with van der Waals surface area (Å²) in [5, 5.41) is 0. The number of H-pyrrole nitrogens is 1. The standard InChI is InChI=1S/C22H23F3N4O4/c23-22(24,25)33-17-3-1-16(2-4-17)32-18-12-28(13-18)10-15-11-29-19(21(30)27-15)9-26-20(29)14-5-7-31-8-6-14/h1-4,9,11,14,18H,5-8,10,12-13H2,(H,27,30). The molecule has 0 aliphatic carbocycles. The molecule has 0 atom stereocenters. The van der Waals surface area contributed by atoms with Gasteiger partial charge in [0.25, 0.3) is 5.56 Å². The number of likely N-dealkylation sites (tertiary alicyclic amines) is 1. The third-order valence-corrected chi connectivity index (χ3v) is 5.88. The Hall–Kier alpha value is -3.05. The van der Waals surface area contributed by atoms with E-state index in [1.54, 1.807) is 6.20 Å². The Morgan fingerprint density at radius 3 is 2.52 bits per heavy atom. The molecule has 11 heteroatoms. The second-order valence-electron chi connectivity index (χ2n) is 8.32. The highest BCUT2D eigenvalue weighted by Crippen LogP contribution is 2.27. The maximum atomic E-state index is 12.5. The lowest BCUT2D eigenvalue weighted by atomic mass is 10.00. The molecule has 1 aromatic carbocycles. The van der Waals surface area contributed by atoms with Crippen LogP contribution in [-0.4, -0.2) is 58.0 Å². The Morgan fingerprint density at radius 2 is 1.82 bits per heavy atom. The molecule has 0 saturated carbocycles. The summed E-state index contributed by atoms with van der Waals surface area (Å²) in [7, 11) is 0. The number of nitrogens with zero attached hydrogens (tertiary/aromatic N) is 3. The zero-order chi connectivity index (χ0) is 23.0. The summed E-state index contributed by atoms with van der Waals surface area (Å²) >= 11 is 0. The van der Waals surface area contributed by atoms with E-state index in [4.69, 9.17) is 9.47 Å². The predicted octanol–water partition coefficient (Wildman–Crippen LogP) is 3.08. The highest BCUT2D eigenvalue weighted by molar-refractivity contribution is 5.44. The summed E-state index contributed by atoms with van der Waals surface area (Å²) < 4.78 is 53.8. The lowest BCUT2D eigenvalue weighted by molar-refractivity contribution is -0.274. The van der Waals surface area contributed by atoms with Crippen molar-refractivity contribution < 1.29 is 27.4 Å². The van der Waals surface area contributed by atoms with Crippen molar-refractivity contribution in [3.8, 4) is 11.5 Å². The Morgan fingerprint density at radius 1 is 1.12 bits per heavy atom. The van der Waals surface area contributed by atoms with Gasteiger partial charge in [0.2, 0.25) is 0 Å². The van der Waals surface area contributed by atoms with Gasteiger partial charge in [-0.05, 0) is 37.1 Å². The quantitative estimate of drug-likeness (QED) is 0.604. The summed E-state index contributed by atoms with van der Waals surface area (Å²) in [5.41, 5.74) is 1.14. The summed E-state index contributed by atoms with van der Waals surface area (Å²) in [4.78, 5) is 22.1. The van der Waals surface area contributed by atoms with Crippen molar-refractivity contribution in [3.05, 3.63) is 58.5 Å². The van der Waals surface area contributed by atoms with Gasteiger partial charge in [0, 0.05) is 50.7 Å². The van der Waals surface area contributed by atoms with Crippen LogP contribution in [0.2, 0.25) is 0 Å². The van der Waals surface area contributed by atoms with Crippen LogP contribution in [0.4, 0.5) is 13.2 Å². The van der Waals surface area contributed by atoms with Crippen molar-refractivity contribution in [2.75, 3.05) is 26.3 Å². The number of alkyl halides is 3. The van der Waals surface area contributed by atoms with Crippen molar-refractivity contribution >= 4 is 5.52 Å². The summed E-state index contributed by atoms with van der Waals surface area (Å²) in [6.07, 6.45) is 0.517. The molecule has 8 nitrogen and oxygen atoms in total. The van der Waals surface area contributed by atoms with Crippen molar-refractivity contribution in [3.63, 3.8) is 0 Å². The Kier molecular flexibility index (Phi) is 5.75. The Bertz CT molecular complexity index is 1160. The van der Waals surface area contributed by atoms with Crippen molar-refractivity contribution in [2.24, 2.45) is 0 Å². The molecule has 4 heterocycles. The van der Waals surface area contributed by atoms with Gasteiger partial charge >= 0.3 is 6.36 Å². The van der Waals surface area contributed by atoms with Gasteiger partial charge in [-0.2, -0.15) is 0 Å². The van der Waals surface area contributed by atoms with E-state index in [0.717, 1.165) is 24.4 Å². The molecule has 0 bridgehead atoms. The summed E-state index contributed by atoms with van der Waals surface area (Å²) in [5.74, 6) is 1.35. The molecular weight excluding hydrogens is 441 g/mol. The fourth-order valence-corrected chi connectivity index (χ4v) is 4.29. The molecule has 2 aliphatic rings. The molecule has 3 aromatic rings. The number of aromatic nitrogens is 3. The van der Waals surface area contributed by atoms with Gasteiger partial charge in [-0.1, -0.05) is 0 Å². The minimum Gasteiger partial charge on any atom is -0.488 e. The Labute approximate surface area is 186 Å². The highest BCUT2D eigenvalue weighted by atomic mass is 19.4. The second kappa shape index (κ2) is 8.71. The number of imidazole rings is 1. The molecule has 1 N–H and O–H groups in total. The topological polar surface area (TPSA) is 81.1 Å². The van der Waals surface area contributed by atoms with Crippen LogP contribution in [0.1, 0.15) is 30.3 Å². The van der Waals surface area contributed by atoms with E-state index < -0.39 is 6.36 Å². The first-order valence-corrected chi connectivity index (χ1v) is 10.8. The molecule has 0 radical (unpaired) electrons. The Balaban J connectivity index is 1.19. The molecule has 5 rings (SSSR count). The first-order chi connectivity index (χ1) is 15.8. The molecule has 33 heavy (non-hydrogen) atoms. The van der Waals surface area contributed by atoms with Gasteiger partial charge in [0.1, 0.15) is 28.9 Å². The molecule has 2 aromatic heterocycles. The number of aromatic amines is 1. The summed E-state index contributed by atoms with van der Waals surface area (Å²) in [6.45, 7) is 3.22. The lowest BCUT2D eigenvalue weighted by Crippen LogP contribution is -2.53. The van der Waals surface area contributed by atoms with Crippen LogP contribution >= 0.6 is 0 Å². The monoisotopic (exact) mass is 464 g/mol. The van der Waals surface area contributed by atoms with Gasteiger partial charge < -0.3 is 19.2 Å². The number of hydrogen-bond acceptors (Lipinski definition) is 6. The molecule has 2 aliphatic heterocycles. The third-order valence-electron chi connectivity index (χ3n) is 5.88. The predicted molar refractivity (Wildman–Crippen MR) is 111 cm³/mol. The number of fused-ring (bicyclic) bond motifs is 1. The molecule has 0 amide bonds. The van der Waals surface area contributed by atoms with Crippen LogP contribution in [0, 0.1) is 0 Å². The van der Waals surface area contributed by atoms with E-state index in [2.05, 4.69) is 19.6 Å². The lowest BCUT2D eigenvalue weighted by Gasteiger charge is -2.38. The van der Waals surface area contributed by atoms with Crippen molar-refractivity contribution in [1.29, 1.82) is 0 Å². The molecule has 0 unspecified atom stereocenters. The fraction of sp³-hybridized carbons (Fsp3) is 0.455. The molecular formula is C22H23F3N4O4. The van der Waals surface area contributed by atoms with Crippen LogP contribution in [-0.2, 0) is 11.3 Å². The average Bonchev–Trinajstić information content (AvgIpc) is 3.17. The highest BCUT2D eigenvalue weighted by Gasteiger charge is 2.32. The minimum absolute atomic E-state index is 0.0825. The van der Waals surface area contributed by atoms with Crippen LogP contribution < -0.4 is 15.0 Å². The zero-order valence-corrected chi connectivity index (χ0v) is 17.7. The van der Waals surface area contributed by atoms with E-state index in [1.807, 2.05) is 10.6 Å². The van der Waals surface area contributed by atoms with Gasteiger partial charge in [-0.3, -0.25) is 14.1 Å². The second-order valence-corrected chi connectivity index (χ2v) is 8.32. The van der Waals surface area contributed by atoms with Crippen molar-refractivity contribution in [1.82, 2.24) is 19.3 Å². The molecule has 176 valence electrons. The molecule has 0 spiro atoms. The summed E-state index contributed by atoms with van der Waals surface area (Å²) in [6, 6.07) is 5.35. The molecule has 2 saturated heterocycles. The van der Waals surface area contributed by atoms with Crippen LogP contribution in [0.15, 0.2) is 41.5 Å². The number of rotatable bonds is 6. The smallest absolute Gasteiger partial charge is 0.488 e. The molecule has 2 fully saturated rings. The van der Waals surface area contributed by atoms with E-state index in [1.165, 1.54) is 24.3 Å². The third kappa shape index (κ3) is 4.98. The van der Waals surface area contributed by atoms with Crippen LogP contribution in [0.3, 0.4) is 0 Å². The van der Waals surface area contributed by atoms with Gasteiger partial charge in [-0.15, -0.1) is 13.2 Å². The van der Waals surface area contributed by atoms with E-state index in [0.29, 0.717) is 44.1 Å². The van der Waals surface area contributed by atoms with Crippen LogP contribution in [0.5, 0.6) is 11.5 Å². The van der Waals surface area contributed by atoms with E-state index in [-0.39, 0.29) is 23.3 Å². The number of benzene rings is 1. The number of ether oxygens (including phenoxy) is 3. The largest absolute Gasteiger partial charge is 0.573 e. The first kappa shape index (κ1) is 21.8. The number of nitrogens with one attached hydrogen (secondary N) is 1. The first-order valence-electron chi connectivity index (χ1n) is 10.8. The minimum atomic E-state index is -4.72. The number of hydrogen-bond donors (Lipinski definition) is 1. The van der Waals surface area contributed by atoms with Crippen molar-refractivity contribution in [2.45, 2.75) is 37.8 Å². The maximum Gasteiger partial charge on any atom is 0.573 e. The van der Waals surface area contributed by atoms with Gasteiger partial charge in [-0.25, -0.2) is 4.98 Å². The van der Waals surface area contributed by atoms with Gasteiger partial charge in [0.05, 0.1) is 6.20 Å². The maximum absolute atomic E-state index is 12.5. The van der Waals surface area contributed by atoms with Gasteiger partial charge in [0.15, 0.2) is 0 Å². The van der Waals surface area contributed by atoms with E-state index >= 15 is 0 Å².